The number of pyridine rings is 1. The Bertz CT molecular complexity index is 801. The van der Waals surface area contributed by atoms with Gasteiger partial charge in [-0.15, -0.1) is 0 Å². The van der Waals surface area contributed by atoms with Gasteiger partial charge >= 0.3 is 0 Å². The minimum absolute atomic E-state index is 0.0909. The van der Waals surface area contributed by atoms with Crippen molar-refractivity contribution in [1.29, 1.82) is 0 Å². The molecule has 1 N–H and O–H groups in total. The van der Waals surface area contributed by atoms with Gasteiger partial charge in [-0.3, -0.25) is 4.98 Å². The molecule has 0 aliphatic heterocycles. The van der Waals surface area contributed by atoms with Crippen LogP contribution in [0.2, 0.25) is 0 Å². The van der Waals surface area contributed by atoms with Crippen LogP contribution in [0.25, 0.3) is 10.9 Å². The van der Waals surface area contributed by atoms with Crippen molar-refractivity contribution in [3.63, 3.8) is 0 Å². The van der Waals surface area contributed by atoms with E-state index in [-0.39, 0.29) is 17.5 Å². The quantitative estimate of drug-likeness (QED) is 0.790. The van der Waals surface area contributed by atoms with Gasteiger partial charge in [-0.05, 0) is 50.3 Å². The van der Waals surface area contributed by atoms with E-state index in [1.807, 2.05) is 19.1 Å². The lowest BCUT2D eigenvalue weighted by molar-refractivity contribution is 0.275. The van der Waals surface area contributed by atoms with Gasteiger partial charge in [0.1, 0.15) is 4.90 Å². The molecular formula is C17H22N2O3S. The molecule has 0 saturated heterocycles. The summed E-state index contributed by atoms with van der Waals surface area (Å²) in [5, 5.41) is 9.79. The maximum absolute atomic E-state index is 13.1. The molecule has 1 aromatic carbocycles. The Morgan fingerprint density at radius 3 is 2.78 bits per heavy atom. The average Bonchev–Trinajstić information content (AvgIpc) is 3.35. The summed E-state index contributed by atoms with van der Waals surface area (Å²) in [6, 6.07) is 7.35. The number of unbranched alkanes of at least 4 members (excludes halogenated alkanes) is 1. The van der Waals surface area contributed by atoms with E-state index < -0.39 is 10.0 Å². The van der Waals surface area contributed by atoms with Crippen molar-refractivity contribution in [2.24, 2.45) is 0 Å². The molecule has 3 rings (SSSR count). The lowest BCUT2D eigenvalue weighted by atomic mass is 10.2. The number of aromatic nitrogens is 1. The molecule has 2 aromatic rings. The number of hydrogen-bond acceptors (Lipinski definition) is 4. The maximum atomic E-state index is 13.1. The molecule has 1 aliphatic rings. The summed E-state index contributed by atoms with van der Waals surface area (Å²) in [7, 11) is -3.57. The van der Waals surface area contributed by atoms with Crippen LogP contribution in [0.15, 0.2) is 35.4 Å². The third-order valence-electron chi connectivity index (χ3n) is 4.14. The molecule has 0 radical (unpaired) electrons. The first-order valence-corrected chi connectivity index (χ1v) is 9.46. The molecule has 0 bridgehead atoms. The van der Waals surface area contributed by atoms with E-state index in [0.29, 0.717) is 24.9 Å². The highest BCUT2D eigenvalue weighted by Crippen LogP contribution is 2.34. The minimum atomic E-state index is -3.57. The van der Waals surface area contributed by atoms with Crippen molar-refractivity contribution in [3.8, 4) is 0 Å². The second-order valence-corrected chi connectivity index (χ2v) is 7.98. The zero-order chi connectivity index (χ0) is 16.4. The van der Waals surface area contributed by atoms with Crippen LogP contribution < -0.4 is 0 Å². The first kappa shape index (κ1) is 16.4. The molecule has 1 heterocycles. The normalized spacial score (nSPS) is 15.4. The summed E-state index contributed by atoms with van der Waals surface area (Å²) in [5.74, 6) is 0. The maximum Gasteiger partial charge on any atom is 0.245 e. The summed E-state index contributed by atoms with van der Waals surface area (Å²) in [6.45, 7) is 2.49. The van der Waals surface area contributed by atoms with Gasteiger partial charge in [-0.25, -0.2) is 8.42 Å². The van der Waals surface area contributed by atoms with Gasteiger partial charge in [0.2, 0.25) is 10.0 Å². The van der Waals surface area contributed by atoms with Gasteiger partial charge in [0, 0.05) is 30.8 Å². The number of rotatable bonds is 7. The Balaban J connectivity index is 2.00. The van der Waals surface area contributed by atoms with Crippen molar-refractivity contribution in [3.05, 3.63) is 36.0 Å². The van der Waals surface area contributed by atoms with Gasteiger partial charge < -0.3 is 5.11 Å². The van der Waals surface area contributed by atoms with Gasteiger partial charge in [-0.1, -0.05) is 12.1 Å². The van der Waals surface area contributed by atoms with Crippen LogP contribution in [-0.4, -0.2) is 42.0 Å². The largest absolute Gasteiger partial charge is 0.396 e. The Hall–Kier alpha value is -1.50. The zero-order valence-corrected chi connectivity index (χ0v) is 14.1. The Kier molecular flexibility index (Phi) is 4.66. The molecule has 0 atom stereocenters. The number of para-hydroxylation sites is 1. The van der Waals surface area contributed by atoms with E-state index in [1.165, 1.54) is 0 Å². The number of aliphatic hydroxyl groups excluding tert-OH is 1. The highest BCUT2D eigenvalue weighted by atomic mass is 32.2. The lowest BCUT2D eigenvalue weighted by Crippen LogP contribution is -2.34. The molecular weight excluding hydrogens is 312 g/mol. The second kappa shape index (κ2) is 6.55. The van der Waals surface area contributed by atoms with E-state index >= 15 is 0 Å². The first-order chi connectivity index (χ1) is 11.0. The van der Waals surface area contributed by atoms with Crippen molar-refractivity contribution in [2.45, 2.75) is 43.5 Å². The number of hydrogen-bond donors (Lipinski definition) is 1. The standard InChI is InChI=1S/C17H22N2O3S/c1-13-11-14-5-4-6-16(17(14)18-12-13)23(21,22)19(15-7-8-15)9-2-3-10-20/h4-6,11-12,15,20H,2-3,7-10H2,1H3. The molecule has 1 aromatic heterocycles. The molecule has 6 heteroatoms. The molecule has 0 amide bonds. The monoisotopic (exact) mass is 334 g/mol. The summed E-state index contributed by atoms with van der Waals surface area (Å²) in [5.41, 5.74) is 1.54. The number of aryl methyl sites for hydroxylation is 1. The summed E-state index contributed by atoms with van der Waals surface area (Å²) >= 11 is 0. The number of aliphatic hydroxyl groups is 1. The molecule has 23 heavy (non-hydrogen) atoms. The fourth-order valence-electron chi connectivity index (χ4n) is 2.82. The molecule has 0 unspecified atom stereocenters. The summed E-state index contributed by atoms with van der Waals surface area (Å²) in [6.07, 6.45) is 4.81. The van der Waals surface area contributed by atoms with E-state index in [0.717, 1.165) is 23.8 Å². The van der Waals surface area contributed by atoms with Gasteiger partial charge in [0.25, 0.3) is 0 Å². The second-order valence-electron chi connectivity index (χ2n) is 6.12. The van der Waals surface area contributed by atoms with E-state index in [9.17, 15) is 8.42 Å². The Morgan fingerprint density at radius 1 is 1.30 bits per heavy atom. The molecule has 124 valence electrons. The SMILES string of the molecule is Cc1cnc2c(S(=O)(=O)N(CCCCO)C3CC3)cccc2c1. The first-order valence-electron chi connectivity index (χ1n) is 8.02. The fraction of sp³-hybridized carbons (Fsp3) is 0.471. The number of sulfonamides is 1. The number of benzene rings is 1. The predicted octanol–water partition coefficient (Wildman–Crippen LogP) is 2.47. The van der Waals surface area contributed by atoms with E-state index in [2.05, 4.69) is 4.98 Å². The van der Waals surface area contributed by atoms with Crippen molar-refractivity contribution < 1.29 is 13.5 Å². The van der Waals surface area contributed by atoms with Crippen LogP contribution in [0.5, 0.6) is 0 Å². The molecule has 1 saturated carbocycles. The van der Waals surface area contributed by atoms with Crippen LogP contribution in [0.1, 0.15) is 31.2 Å². The molecule has 1 fully saturated rings. The number of fused-ring (bicyclic) bond motifs is 1. The zero-order valence-electron chi connectivity index (χ0n) is 13.3. The molecule has 0 spiro atoms. The minimum Gasteiger partial charge on any atom is -0.396 e. The van der Waals surface area contributed by atoms with Gasteiger partial charge in [-0.2, -0.15) is 4.31 Å². The predicted molar refractivity (Wildman–Crippen MR) is 89.7 cm³/mol. The van der Waals surface area contributed by atoms with Gasteiger partial charge in [0.15, 0.2) is 0 Å². The van der Waals surface area contributed by atoms with Crippen molar-refractivity contribution in [1.82, 2.24) is 9.29 Å². The number of nitrogens with zero attached hydrogens (tertiary/aromatic N) is 2. The van der Waals surface area contributed by atoms with E-state index in [4.69, 9.17) is 5.11 Å². The third kappa shape index (κ3) is 3.39. The summed E-state index contributed by atoms with van der Waals surface area (Å²) < 4.78 is 27.9. The van der Waals surface area contributed by atoms with Crippen molar-refractivity contribution >= 4 is 20.9 Å². The smallest absolute Gasteiger partial charge is 0.245 e. The summed E-state index contributed by atoms with van der Waals surface area (Å²) in [4.78, 5) is 4.64. The Morgan fingerprint density at radius 2 is 2.09 bits per heavy atom. The van der Waals surface area contributed by atoms with Gasteiger partial charge in [0.05, 0.1) is 5.52 Å². The lowest BCUT2D eigenvalue weighted by Gasteiger charge is -2.22. The third-order valence-corrected chi connectivity index (χ3v) is 6.12. The van der Waals surface area contributed by atoms with Crippen LogP contribution in [0.4, 0.5) is 0 Å². The van der Waals surface area contributed by atoms with E-state index in [1.54, 1.807) is 22.6 Å². The molecule has 1 aliphatic carbocycles. The Labute approximate surface area is 137 Å². The van der Waals surface area contributed by atoms with Crippen LogP contribution in [0, 0.1) is 6.92 Å². The van der Waals surface area contributed by atoms with Crippen molar-refractivity contribution in [2.75, 3.05) is 13.2 Å². The average molecular weight is 334 g/mol. The topological polar surface area (TPSA) is 70.5 Å². The molecule has 5 nitrogen and oxygen atoms in total. The highest BCUT2D eigenvalue weighted by Gasteiger charge is 2.38. The highest BCUT2D eigenvalue weighted by molar-refractivity contribution is 7.89. The van der Waals surface area contributed by atoms with Crippen LogP contribution in [0.3, 0.4) is 0 Å². The van der Waals surface area contributed by atoms with Crippen LogP contribution in [-0.2, 0) is 10.0 Å². The van der Waals surface area contributed by atoms with Crippen LogP contribution >= 0.6 is 0 Å². The fourth-order valence-corrected chi connectivity index (χ4v) is 4.71.